The number of hydrogen-bond donors (Lipinski definition) is 1. The normalized spacial score (nSPS) is 10.8. The van der Waals surface area contributed by atoms with Gasteiger partial charge in [0, 0.05) is 16.5 Å². The Hall–Kier alpha value is -2.10. The molecule has 3 rings (SSSR count). The topological polar surface area (TPSA) is 42.4 Å². The zero-order valence-corrected chi connectivity index (χ0v) is 12.0. The number of benzene rings is 2. The number of aliphatic hydroxyl groups is 1. The van der Waals surface area contributed by atoms with Crippen molar-refractivity contribution >= 4 is 22.5 Å². The average Bonchev–Trinajstić information content (AvgIpc) is 2.52. The molecule has 1 aromatic heterocycles. The van der Waals surface area contributed by atoms with E-state index in [0.717, 1.165) is 16.5 Å². The Kier molecular flexibility index (Phi) is 4.04. The molecular weight excluding hydrogens is 286 g/mol. The van der Waals surface area contributed by atoms with Gasteiger partial charge in [-0.1, -0.05) is 35.9 Å². The summed E-state index contributed by atoms with van der Waals surface area (Å²) < 4.78 is 5.89. The first kappa shape index (κ1) is 13.9. The average molecular weight is 300 g/mol. The molecule has 0 spiro atoms. The van der Waals surface area contributed by atoms with Crippen LogP contribution in [0.2, 0.25) is 5.02 Å². The highest BCUT2D eigenvalue weighted by Crippen LogP contribution is 2.26. The number of aromatic nitrogens is 1. The summed E-state index contributed by atoms with van der Waals surface area (Å²) in [7, 11) is 0. The van der Waals surface area contributed by atoms with Crippen molar-refractivity contribution in [2.24, 2.45) is 0 Å². The van der Waals surface area contributed by atoms with Crippen molar-refractivity contribution in [3.63, 3.8) is 0 Å². The predicted molar refractivity (Wildman–Crippen MR) is 83.4 cm³/mol. The third kappa shape index (κ3) is 3.15. The van der Waals surface area contributed by atoms with Gasteiger partial charge in [0.15, 0.2) is 0 Å². The lowest BCUT2D eigenvalue weighted by Gasteiger charge is -2.11. The van der Waals surface area contributed by atoms with Gasteiger partial charge in [-0.3, -0.25) is 4.98 Å². The predicted octanol–water partition coefficient (Wildman–Crippen LogP) is 3.96. The summed E-state index contributed by atoms with van der Waals surface area (Å²) in [6, 6.07) is 17.0. The van der Waals surface area contributed by atoms with Gasteiger partial charge in [0.2, 0.25) is 0 Å². The van der Waals surface area contributed by atoms with E-state index in [0.29, 0.717) is 23.1 Å². The molecule has 4 heteroatoms. The van der Waals surface area contributed by atoms with Crippen molar-refractivity contribution in [2.75, 3.05) is 0 Å². The Bertz CT molecular complexity index is 774. The number of fused-ring (bicyclic) bond motifs is 1. The Morgan fingerprint density at radius 1 is 1.05 bits per heavy atom. The molecule has 0 saturated heterocycles. The minimum absolute atomic E-state index is 0.113. The summed E-state index contributed by atoms with van der Waals surface area (Å²) in [6.07, 6.45) is 0. The van der Waals surface area contributed by atoms with E-state index in [1.807, 2.05) is 48.5 Å². The van der Waals surface area contributed by atoms with Crippen LogP contribution in [0.5, 0.6) is 5.75 Å². The summed E-state index contributed by atoms with van der Waals surface area (Å²) in [4.78, 5) is 4.37. The van der Waals surface area contributed by atoms with Crippen LogP contribution in [0.25, 0.3) is 10.9 Å². The molecule has 0 saturated carbocycles. The van der Waals surface area contributed by atoms with E-state index in [4.69, 9.17) is 16.3 Å². The van der Waals surface area contributed by atoms with Gasteiger partial charge in [-0.15, -0.1) is 0 Å². The first-order valence-corrected chi connectivity index (χ1v) is 7.01. The van der Waals surface area contributed by atoms with E-state index in [9.17, 15) is 5.11 Å². The van der Waals surface area contributed by atoms with E-state index >= 15 is 0 Å². The second kappa shape index (κ2) is 6.12. The quantitative estimate of drug-likeness (QED) is 0.793. The Labute approximate surface area is 127 Å². The maximum atomic E-state index is 9.31. The van der Waals surface area contributed by atoms with Crippen molar-refractivity contribution < 1.29 is 9.84 Å². The molecule has 3 nitrogen and oxygen atoms in total. The minimum atomic E-state index is -0.113. The third-order valence-corrected chi connectivity index (χ3v) is 3.41. The highest BCUT2D eigenvalue weighted by Gasteiger charge is 2.06. The Morgan fingerprint density at radius 3 is 2.71 bits per heavy atom. The van der Waals surface area contributed by atoms with E-state index < -0.39 is 0 Å². The van der Waals surface area contributed by atoms with Crippen LogP contribution in [-0.4, -0.2) is 10.1 Å². The van der Waals surface area contributed by atoms with Crippen LogP contribution in [0.15, 0.2) is 54.6 Å². The van der Waals surface area contributed by atoms with Crippen molar-refractivity contribution in [3.05, 3.63) is 70.9 Å². The molecule has 106 valence electrons. The number of ether oxygens (including phenoxy) is 1. The van der Waals surface area contributed by atoms with Crippen LogP contribution in [-0.2, 0) is 13.2 Å². The smallest absolute Gasteiger partial charge is 0.131 e. The molecule has 0 aliphatic carbocycles. The number of rotatable bonds is 4. The molecule has 0 amide bonds. The first-order valence-electron chi connectivity index (χ1n) is 6.63. The van der Waals surface area contributed by atoms with E-state index in [1.165, 1.54) is 0 Å². The molecule has 1 heterocycles. The maximum Gasteiger partial charge on any atom is 0.131 e. The molecule has 0 radical (unpaired) electrons. The van der Waals surface area contributed by atoms with Gasteiger partial charge in [-0.25, -0.2) is 0 Å². The fourth-order valence-corrected chi connectivity index (χ4v) is 2.40. The zero-order chi connectivity index (χ0) is 14.7. The maximum absolute atomic E-state index is 9.31. The van der Waals surface area contributed by atoms with Crippen LogP contribution in [0.4, 0.5) is 0 Å². The summed E-state index contributed by atoms with van der Waals surface area (Å²) in [5, 5.41) is 10.9. The van der Waals surface area contributed by atoms with Gasteiger partial charge in [-0.2, -0.15) is 0 Å². The van der Waals surface area contributed by atoms with E-state index in [1.54, 1.807) is 6.07 Å². The van der Waals surface area contributed by atoms with Crippen LogP contribution < -0.4 is 4.74 Å². The van der Waals surface area contributed by atoms with Gasteiger partial charge < -0.3 is 9.84 Å². The largest absolute Gasteiger partial charge is 0.488 e. The molecule has 21 heavy (non-hydrogen) atoms. The van der Waals surface area contributed by atoms with Gasteiger partial charge >= 0.3 is 0 Å². The van der Waals surface area contributed by atoms with Gasteiger partial charge in [0.25, 0.3) is 0 Å². The lowest BCUT2D eigenvalue weighted by molar-refractivity contribution is 0.274. The number of para-hydroxylation sites is 1. The monoisotopic (exact) mass is 299 g/mol. The van der Waals surface area contributed by atoms with Crippen LogP contribution in [0.3, 0.4) is 0 Å². The lowest BCUT2D eigenvalue weighted by atomic mass is 10.2. The standard InChI is InChI=1S/C17H14ClNO2/c18-13-5-3-4-12(8-13)11-21-17-9-14(10-20)19-16-7-2-1-6-15(16)17/h1-9,20H,10-11H2. The van der Waals surface area contributed by atoms with Crippen LogP contribution in [0.1, 0.15) is 11.3 Å². The third-order valence-electron chi connectivity index (χ3n) is 3.18. The Balaban J connectivity index is 1.92. The van der Waals surface area contributed by atoms with Crippen LogP contribution in [0, 0.1) is 0 Å². The summed E-state index contributed by atoms with van der Waals surface area (Å²) in [5.41, 5.74) is 2.40. The lowest BCUT2D eigenvalue weighted by Crippen LogP contribution is -1.99. The van der Waals surface area contributed by atoms with E-state index in [2.05, 4.69) is 4.98 Å². The molecule has 1 N–H and O–H groups in total. The summed E-state index contributed by atoms with van der Waals surface area (Å²) in [6.45, 7) is 0.303. The molecule has 0 bridgehead atoms. The molecule has 3 aromatic rings. The van der Waals surface area contributed by atoms with Crippen molar-refractivity contribution in [2.45, 2.75) is 13.2 Å². The molecule has 0 aliphatic heterocycles. The minimum Gasteiger partial charge on any atom is -0.488 e. The van der Waals surface area contributed by atoms with Crippen LogP contribution >= 0.6 is 11.6 Å². The second-order valence-corrected chi connectivity index (χ2v) is 5.14. The highest BCUT2D eigenvalue weighted by atomic mass is 35.5. The van der Waals surface area contributed by atoms with Gasteiger partial charge in [0.05, 0.1) is 17.8 Å². The fourth-order valence-electron chi connectivity index (χ4n) is 2.18. The summed E-state index contributed by atoms with van der Waals surface area (Å²) in [5.74, 6) is 0.713. The number of nitrogens with zero attached hydrogens (tertiary/aromatic N) is 1. The van der Waals surface area contributed by atoms with Crippen molar-refractivity contribution in [3.8, 4) is 5.75 Å². The number of hydrogen-bond acceptors (Lipinski definition) is 3. The fraction of sp³-hybridized carbons (Fsp3) is 0.118. The molecule has 2 aromatic carbocycles. The Morgan fingerprint density at radius 2 is 1.90 bits per heavy atom. The number of pyridine rings is 1. The van der Waals surface area contributed by atoms with Crippen molar-refractivity contribution in [1.29, 1.82) is 0 Å². The molecule has 0 unspecified atom stereocenters. The zero-order valence-electron chi connectivity index (χ0n) is 11.3. The second-order valence-electron chi connectivity index (χ2n) is 4.71. The van der Waals surface area contributed by atoms with Gasteiger partial charge in [0.1, 0.15) is 12.4 Å². The number of halogens is 1. The molecule has 0 atom stereocenters. The highest BCUT2D eigenvalue weighted by molar-refractivity contribution is 6.30. The molecular formula is C17H14ClNO2. The SMILES string of the molecule is OCc1cc(OCc2cccc(Cl)c2)c2ccccc2n1. The van der Waals surface area contributed by atoms with E-state index in [-0.39, 0.29) is 6.61 Å². The molecule has 0 aliphatic rings. The number of aliphatic hydroxyl groups excluding tert-OH is 1. The summed E-state index contributed by atoms with van der Waals surface area (Å²) >= 11 is 5.97. The van der Waals surface area contributed by atoms with Gasteiger partial charge in [-0.05, 0) is 29.8 Å². The molecule has 0 fully saturated rings. The van der Waals surface area contributed by atoms with Crippen molar-refractivity contribution in [1.82, 2.24) is 4.98 Å². The first-order chi connectivity index (χ1) is 10.3.